The van der Waals surface area contributed by atoms with E-state index in [0.29, 0.717) is 0 Å². The lowest BCUT2D eigenvalue weighted by atomic mass is 10.1. The van der Waals surface area contributed by atoms with E-state index in [2.05, 4.69) is 0 Å². The molecule has 1 aromatic carbocycles. The number of hydrogen-bond donors (Lipinski definition) is 4. The lowest BCUT2D eigenvalue weighted by Crippen LogP contribution is -2.99. The number of esters is 1. The first-order valence-electron chi connectivity index (χ1n) is 7.86. The molecular formula is C16H21N3O8. The van der Waals surface area contributed by atoms with Gasteiger partial charge in [-0.25, -0.2) is 15.2 Å². The van der Waals surface area contributed by atoms with Gasteiger partial charge in [-0.05, 0) is 24.6 Å². The number of aromatic nitrogens is 1. The van der Waals surface area contributed by atoms with Crippen LogP contribution in [-0.2, 0) is 11.8 Å². The molecule has 0 aliphatic rings. The van der Waals surface area contributed by atoms with E-state index in [-0.39, 0.29) is 46.4 Å². The maximum atomic E-state index is 12.1. The lowest BCUT2D eigenvalue weighted by molar-refractivity contribution is -0.993. The average molecular weight is 383 g/mol. The first-order valence-corrected chi connectivity index (χ1v) is 7.86. The van der Waals surface area contributed by atoms with E-state index >= 15 is 0 Å². The minimum atomic E-state index is -1.28. The molecule has 4 N–H and O–H groups in total. The third-order valence-electron chi connectivity index (χ3n) is 3.94. The molecule has 11 nitrogen and oxygen atoms in total. The molecule has 27 heavy (non-hydrogen) atoms. The number of benzene rings is 1. The maximum Gasteiger partial charge on any atom is 0.355 e. The van der Waals surface area contributed by atoms with E-state index in [4.69, 9.17) is 14.2 Å². The Morgan fingerprint density at radius 3 is 2.30 bits per heavy atom. The standard InChI is InChI=1S/C16H21N3O8/c1-5-27-16(20)12-8-10(15(17(12)2)19(23)24)9-6-11(18(21)22)14(26-4)13(7-9)25-3/h6-8,18-19,21,23H,5H2,1-4H3. The molecule has 2 aromatic rings. The molecule has 0 aliphatic heterocycles. The third kappa shape index (κ3) is 3.88. The van der Waals surface area contributed by atoms with Crippen LogP contribution in [0.25, 0.3) is 11.1 Å². The van der Waals surface area contributed by atoms with E-state index in [1.807, 2.05) is 0 Å². The summed E-state index contributed by atoms with van der Waals surface area (Å²) in [4.78, 5) is 12.1. The van der Waals surface area contributed by atoms with Gasteiger partial charge in [-0.2, -0.15) is 10.5 Å². The van der Waals surface area contributed by atoms with Crippen LogP contribution >= 0.6 is 0 Å². The van der Waals surface area contributed by atoms with Gasteiger partial charge in [0.2, 0.25) is 17.3 Å². The molecule has 1 aromatic heterocycles. The van der Waals surface area contributed by atoms with Gasteiger partial charge in [-0.3, -0.25) is 4.57 Å². The summed E-state index contributed by atoms with van der Waals surface area (Å²) in [5.74, 6) is -0.758. The van der Waals surface area contributed by atoms with E-state index < -0.39 is 16.4 Å². The Morgan fingerprint density at radius 2 is 1.81 bits per heavy atom. The van der Waals surface area contributed by atoms with Crippen molar-refractivity contribution >= 4 is 17.5 Å². The third-order valence-corrected chi connectivity index (χ3v) is 3.94. The maximum absolute atomic E-state index is 12.1. The van der Waals surface area contributed by atoms with Gasteiger partial charge in [-0.1, -0.05) is 0 Å². The van der Waals surface area contributed by atoms with Crippen molar-refractivity contribution in [2.45, 2.75) is 6.92 Å². The van der Waals surface area contributed by atoms with Crippen LogP contribution in [0.15, 0.2) is 18.2 Å². The SMILES string of the molecule is CCOC(=O)c1cc(-c2cc(OC)c(OC)c([NH+]([O-])O)c2)c([NH+]([O-])O)n1C. The topological polar surface area (TPSA) is 145 Å². The fraction of sp³-hybridized carbons (Fsp3) is 0.312. The Bertz CT molecular complexity index is 832. The summed E-state index contributed by atoms with van der Waals surface area (Å²) in [6.07, 6.45) is 0. The zero-order valence-corrected chi connectivity index (χ0v) is 15.2. The first-order chi connectivity index (χ1) is 12.8. The summed E-state index contributed by atoms with van der Waals surface area (Å²) in [7, 11) is 4.05. The van der Waals surface area contributed by atoms with Crippen LogP contribution < -0.4 is 19.9 Å². The number of rotatable bonds is 7. The minimum Gasteiger partial charge on any atom is -0.595 e. The number of carbonyl (C=O) groups is 1. The fourth-order valence-electron chi connectivity index (χ4n) is 2.76. The van der Waals surface area contributed by atoms with Gasteiger partial charge in [-0.15, -0.1) is 0 Å². The van der Waals surface area contributed by atoms with Gasteiger partial charge >= 0.3 is 5.97 Å². The van der Waals surface area contributed by atoms with Gasteiger partial charge in [0, 0.05) is 13.1 Å². The Kier molecular flexibility index (Phi) is 6.38. The Morgan fingerprint density at radius 1 is 1.15 bits per heavy atom. The van der Waals surface area contributed by atoms with Crippen LogP contribution in [0.1, 0.15) is 17.4 Å². The van der Waals surface area contributed by atoms with Crippen LogP contribution in [0.5, 0.6) is 11.5 Å². The second kappa shape index (κ2) is 8.35. The molecule has 0 saturated heterocycles. The highest BCUT2D eigenvalue weighted by Crippen LogP contribution is 2.40. The van der Waals surface area contributed by atoms with Crippen molar-refractivity contribution in [2.24, 2.45) is 7.05 Å². The number of hydrogen-bond acceptors (Lipinski definition) is 8. The molecule has 0 radical (unpaired) electrons. The molecule has 2 unspecified atom stereocenters. The molecule has 0 amide bonds. The summed E-state index contributed by atoms with van der Waals surface area (Å²) in [5.41, 5.74) is 0.214. The Balaban J connectivity index is 2.75. The van der Waals surface area contributed by atoms with Crippen molar-refractivity contribution in [1.29, 1.82) is 0 Å². The number of carbonyl (C=O) groups excluding carboxylic acids is 1. The lowest BCUT2D eigenvalue weighted by Gasteiger charge is -2.19. The van der Waals surface area contributed by atoms with Gasteiger partial charge in [0.15, 0.2) is 5.75 Å². The highest BCUT2D eigenvalue weighted by Gasteiger charge is 2.27. The van der Waals surface area contributed by atoms with Gasteiger partial charge in [0.05, 0.1) is 26.4 Å². The van der Waals surface area contributed by atoms with E-state index in [0.717, 1.165) is 0 Å². The van der Waals surface area contributed by atoms with E-state index in [9.17, 15) is 25.6 Å². The largest absolute Gasteiger partial charge is 0.595 e. The van der Waals surface area contributed by atoms with Crippen molar-refractivity contribution in [3.8, 4) is 22.6 Å². The Hall–Kier alpha value is -2.67. The molecular weight excluding hydrogens is 362 g/mol. The fourth-order valence-corrected chi connectivity index (χ4v) is 2.76. The normalized spacial score (nSPS) is 13.2. The van der Waals surface area contributed by atoms with Crippen LogP contribution in [0.3, 0.4) is 0 Å². The quantitative estimate of drug-likeness (QED) is 0.376. The van der Waals surface area contributed by atoms with Crippen molar-refractivity contribution < 1.29 is 39.9 Å². The summed E-state index contributed by atoms with van der Waals surface area (Å²) in [6, 6.07) is 4.05. The number of methoxy groups -OCH3 is 2. The second-order valence-corrected chi connectivity index (χ2v) is 5.44. The van der Waals surface area contributed by atoms with Crippen LogP contribution in [-0.4, -0.2) is 41.8 Å². The monoisotopic (exact) mass is 383 g/mol. The van der Waals surface area contributed by atoms with Gasteiger partial charge < -0.3 is 24.6 Å². The molecule has 0 saturated carbocycles. The minimum absolute atomic E-state index is 0.00664. The van der Waals surface area contributed by atoms with E-state index in [1.54, 1.807) is 6.92 Å². The number of ether oxygens (including phenoxy) is 3. The van der Waals surface area contributed by atoms with Gasteiger partial charge in [0.1, 0.15) is 5.69 Å². The van der Waals surface area contributed by atoms with Gasteiger partial charge in [0.25, 0.3) is 0 Å². The predicted octanol–water partition coefficient (Wildman–Crippen LogP) is -0.307. The zero-order valence-electron chi connectivity index (χ0n) is 15.2. The molecule has 0 aliphatic carbocycles. The molecule has 2 rings (SSSR count). The summed E-state index contributed by atoms with van der Waals surface area (Å²) in [5, 5.41) is 39.8. The average Bonchev–Trinajstić information content (AvgIpc) is 2.98. The number of quaternary nitrogens is 2. The molecule has 0 fully saturated rings. The number of nitrogens with zero attached hydrogens (tertiary/aromatic N) is 1. The molecule has 11 heteroatoms. The van der Waals surface area contributed by atoms with Crippen LogP contribution in [0, 0.1) is 10.4 Å². The predicted molar refractivity (Wildman–Crippen MR) is 91.5 cm³/mol. The second-order valence-electron chi connectivity index (χ2n) is 5.44. The van der Waals surface area contributed by atoms with Crippen molar-refractivity contribution in [3.05, 3.63) is 34.3 Å². The van der Waals surface area contributed by atoms with Crippen molar-refractivity contribution in [2.75, 3.05) is 20.8 Å². The highest BCUT2D eigenvalue weighted by molar-refractivity contribution is 5.92. The smallest absolute Gasteiger partial charge is 0.355 e. The van der Waals surface area contributed by atoms with Crippen LogP contribution in [0.2, 0.25) is 0 Å². The Labute approximate surface area is 154 Å². The summed E-state index contributed by atoms with van der Waals surface area (Å²) >= 11 is 0. The molecule has 0 spiro atoms. The van der Waals surface area contributed by atoms with Crippen molar-refractivity contribution in [1.82, 2.24) is 4.57 Å². The molecule has 0 bridgehead atoms. The van der Waals surface area contributed by atoms with E-state index in [1.165, 1.54) is 44.0 Å². The number of nitrogens with one attached hydrogen (secondary N) is 2. The molecule has 2 atom stereocenters. The van der Waals surface area contributed by atoms with Crippen LogP contribution in [0.4, 0.5) is 11.5 Å². The van der Waals surface area contributed by atoms with Crippen molar-refractivity contribution in [3.63, 3.8) is 0 Å². The highest BCUT2D eigenvalue weighted by atomic mass is 16.8. The summed E-state index contributed by atoms with van der Waals surface area (Å²) in [6.45, 7) is 1.76. The first kappa shape index (κ1) is 20.6. The molecule has 148 valence electrons. The summed E-state index contributed by atoms with van der Waals surface area (Å²) < 4.78 is 16.4. The zero-order chi connectivity index (χ0) is 20.3. The molecule has 1 heterocycles.